The van der Waals surface area contributed by atoms with Gasteiger partial charge in [0, 0.05) is 33.4 Å². The van der Waals surface area contributed by atoms with Crippen molar-refractivity contribution in [3.05, 3.63) is 199 Å². The number of anilines is 3. The molecule has 0 N–H and O–H groups in total. The van der Waals surface area contributed by atoms with E-state index in [1.165, 1.54) is 71.0 Å². The van der Waals surface area contributed by atoms with Crippen LogP contribution in [0.15, 0.2) is 192 Å². The molecule has 8 aromatic carbocycles. The zero-order chi connectivity index (χ0) is 41.1. The van der Waals surface area contributed by atoms with Gasteiger partial charge in [-0.3, -0.25) is 0 Å². The Morgan fingerprint density at radius 2 is 1.03 bits per heavy atom. The number of aryl methyl sites for hydroxylation is 1. The summed E-state index contributed by atoms with van der Waals surface area (Å²) in [6.45, 7) is 2.15. The van der Waals surface area contributed by atoms with Gasteiger partial charge in [-0.25, -0.2) is 0 Å². The summed E-state index contributed by atoms with van der Waals surface area (Å²) >= 11 is 0. The highest BCUT2D eigenvalue weighted by atomic mass is 16.5. The van der Waals surface area contributed by atoms with Crippen LogP contribution in [0.2, 0.25) is 0 Å². The number of hydrogen-bond acceptors (Lipinski definition) is 3. The summed E-state index contributed by atoms with van der Waals surface area (Å²) in [5.41, 5.74) is 14.9. The van der Waals surface area contributed by atoms with Gasteiger partial charge in [-0.05, 0) is 168 Å². The van der Waals surface area contributed by atoms with Gasteiger partial charge in [0.2, 0.25) is 0 Å². The van der Waals surface area contributed by atoms with Crippen LogP contribution >= 0.6 is 0 Å². The first-order valence-corrected chi connectivity index (χ1v) is 22.5. The molecule has 3 heteroatoms. The summed E-state index contributed by atoms with van der Waals surface area (Å²) in [5.74, 6) is 5.66. The average molecular weight is 804 g/mol. The van der Waals surface area contributed by atoms with Crippen LogP contribution in [0.4, 0.5) is 17.1 Å². The maximum absolute atomic E-state index is 6.94. The average Bonchev–Trinajstić information content (AvgIpc) is 3.70. The summed E-state index contributed by atoms with van der Waals surface area (Å²) in [6, 6.07) is 67.9. The highest BCUT2D eigenvalue weighted by Gasteiger charge is 2.49. The van der Waals surface area contributed by atoms with Gasteiger partial charge < -0.3 is 14.1 Å². The van der Waals surface area contributed by atoms with E-state index in [2.05, 4.69) is 194 Å². The van der Waals surface area contributed by atoms with Gasteiger partial charge in [0.25, 0.3) is 0 Å². The minimum Gasteiger partial charge on any atom is -0.457 e. The zero-order valence-electron chi connectivity index (χ0n) is 35.1. The lowest BCUT2D eigenvalue weighted by Crippen LogP contribution is -2.43. The molecule has 9 aromatic rings. The van der Waals surface area contributed by atoms with Crippen molar-refractivity contribution in [1.82, 2.24) is 0 Å². The molecule has 0 saturated heterocycles. The second kappa shape index (κ2) is 15.3. The summed E-state index contributed by atoms with van der Waals surface area (Å²) in [5, 5.41) is 2.29. The van der Waals surface area contributed by atoms with E-state index in [-0.39, 0.29) is 0 Å². The van der Waals surface area contributed by atoms with Crippen LogP contribution in [-0.4, -0.2) is 0 Å². The highest BCUT2D eigenvalue weighted by Crippen LogP contribution is 2.61. The number of furan rings is 1. The minimum absolute atomic E-state index is 0.500. The predicted molar refractivity (Wildman–Crippen MR) is 256 cm³/mol. The van der Waals surface area contributed by atoms with Crippen LogP contribution < -0.4 is 9.64 Å². The Morgan fingerprint density at radius 3 is 1.77 bits per heavy atom. The van der Waals surface area contributed by atoms with Crippen molar-refractivity contribution in [2.24, 2.45) is 23.7 Å². The van der Waals surface area contributed by atoms with Crippen molar-refractivity contribution in [2.45, 2.75) is 44.9 Å². The largest absolute Gasteiger partial charge is 0.457 e. The van der Waals surface area contributed by atoms with E-state index in [1.807, 2.05) is 6.07 Å². The number of rotatable bonds is 9. The van der Waals surface area contributed by atoms with Crippen LogP contribution in [0.25, 0.3) is 55.3 Å². The van der Waals surface area contributed by atoms with E-state index in [9.17, 15) is 0 Å². The Morgan fingerprint density at radius 1 is 0.452 bits per heavy atom. The first-order valence-electron chi connectivity index (χ1n) is 22.5. The number of para-hydroxylation sites is 2. The van der Waals surface area contributed by atoms with Crippen LogP contribution in [-0.2, 0) is 0 Å². The van der Waals surface area contributed by atoms with Crippen molar-refractivity contribution >= 4 is 39.0 Å². The Labute approximate surface area is 364 Å². The molecule has 62 heavy (non-hydrogen) atoms. The van der Waals surface area contributed by atoms with E-state index in [0.717, 1.165) is 67.9 Å². The summed E-state index contributed by atoms with van der Waals surface area (Å²) in [7, 11) is 0. The number of nitrogens with zero attached hydrogens (tertiary/aromatic N) is 1. The molecule has 4 bridgehead atoms. The summed E-state index contributed by atoms with van der Waals surface area (Å²) in [6.07, 6.45) is 6.85. The fourth-order valence-corrected chi connectivity index (χ4v) is 11.9. The molecule has 1 aromatic heterocycles. The third kappa shape index (κ3) is 6.50. The molecular weight excluding hydrogens is 755 g/mol. The Hall–Kier alpha value is -6.84. The molecule has 0 spiro atoms. The standard InChI is InChI=1S/C59H49NO2/c1-38-12-5-9-19-54(38)61-56-31-30-48(37-53(56)58-44-33-39-32-40(35-44)36-45(58)34-39)60(46-26-22-42(23-27-46)41-13-3-2-4-14-41)47-28-24-43(25-29-47)49-15-6-7-16-50(49)51-18-11-21-57-59(51)52-17-8-10-20-55(52)62-57/h2-31,37,39-40,44-45,58H,32-36H2,1H3. The second-order valence-corrected chi connectivity index (χ2v) is 18.2. The van der Waals surface area contributed by atoms with Crippen LogP contribution in [0, 0.1) is 30.6 Å². The minimum atomic E-state index is 0.500. The molecule has 0 atom stereocenters. The SMILES string of the molecule is Cc1ccccc1Oc1ccc(N(c2ccc(-c3ccccc3)cc2)c2ccc(-c3ccccc3-c3cccc4oc5ccccc5c34)cc2)cc1C1C2CC3CC(C2)CC1C3. The molecule has 302 valence electrons. The topological polar surface area (TPSA) is 25.6 Å². The third-order valence-corrected chi connectivity index (χ3v) is 14.4. The van der Waals surface area contributed by atoms with Gasteiger partial charge in [0.15, 0.2) is 0 Å². The molecule has 13 rings (SSSR count). The lowest BCUT2D eigenvalue weighted by molar-refractivity contribution is -0.00334. The second-order valence-electron chi connectivity index (χ2n) is 18.2. The summed E-state index contributed by atoms with van der Waals surface area (Å²) < 4.78 is 13.3. The van der Waals surface area contributed by atoms with Gasteiger partial charge in [-0.2, -0.15) is 0 Å². The Balaban J connectivity index is 0.976. The molecule has 4 aliphatic carbocycles. The number of fused-ring (bicyclic) bond motifs is 3. The third-order valence-electron chi connectivity index (χ3n) is 14.4. The number of ether oxygens (including phenoxy) is 1. The van der Waals surface area contributed by atoms with Crippen molar-refractivity contribution < 1.29 is 9.15 Å². The van der Waals surface area contributed by atoms with Gasteiger partial charge in [-0.1, -0.05) is 127 Å². The monoisotopic (exact) mass is 803 g/mol. The fourth-order valence-electron chi connectivity index (χ4n) is 11.9. The zero-order valence-corrected chi connectivity index (χ0v) is 35.1. The fraction of sp³-hybridized carbons (Fsp3) is 0.186. The molecule has 4 saturated carbocycles. The molecule has 0 radical (unpaired) electrons. The predicted octanol–water partition coefficient (Wildman–Crippen LogP) is 16.7. The van der Waals surface area contributed by atoms with Crippen LogP contribution in [0.5, 0.6) is 11.5 Å². The van der Waals surface area contributed by atoms with E-state index in [4.69, 9.17) is 9.15 Å². The van der Waals surface area contributed by atoms with E-state index in [0.29, 0.717) is 17.8 Å². The quantitative estimate of drug-likeness (QED) is 0.145. The van der Waals surface area contributed by atoms with E-state index in [1.54, 1.807) is 0 Å². The van der Waals surface area contributed by atoms with Gasteiger partial charge in [-0.15, -0.1) is 0 Å². The molecule has 1 heterocycles. The normalized spacial score (nSPS) is 20.2. The van der Waals surface area contributed by atoms with Crippen molar-refractivity contribution in [1.29, 1.82) is 0 Å². The molecule has 3 nitrogen and oxygen atoms in total. The van der Waals surface area contributed by atoms with E-state index >= 15 is 0 Å². The Kier molecular flexibility index (Phi) is 9.10. The van der Waals surface area contributed by atoms with Crippen LogP contribution in [0.3, 0.4) is 0 Å². The first-order chi connectivity index (χ1) is 30.6. The molecule has 0 unspecified atom stereocenters. The summed E-state index contributed by atoms with van der Waals surface area (Å²) in [4.78, 5) is 2.44. The van der Waals surface area contributed by atoms with Gasteiger partial charge >= 0.3 is 0 Å². The maximum Gasteiger partial charge on any atom is 0.136 e. The number of benzene rings is 8. The molecule has 4 aliphatic rings. The van der Waals surface area contributed by atoms with Gasteiger partial charge in [0.05, 0.1) is 0 Å². The number of hydrogen-bond donors (Lipinski definition) is 0. The lowest BCUT2D eigenvalue weighted by atomic mass is 9.50. The highest BCUT2D eigenvalue weighted by molar-refractivity contribution is 6.13. The molecule has 0 aliphatic heterocycles. The van der Waals surface area contributed by atoms with Crippen molar-refractivity contribution in [2.75, 3.05) is 4.90 Å². The van der Waals surface area contributed by atoms with Crippen LogP contribution in [0.1, 0.15) is 49.1 Å². The van der Waals surface area contributed by atoms with Crippen molar-refractivity contribution in [3.8, 4) is 44.9 Å². The molecule has 4 fully saturated rings. The van der Waals surface area contributed by atoms with Crippen molar-refractivity contribution in [3.63, 3.8) is 0 Å². The Bertz CT molecular complexity index is 3040. The smallest absolute Gasteiger partial charge is 0.136 e. The van der Waals surface area contributed by atoms with Gasteiger partial charge in [0.1, 0.15) is 22.7 Å². The maximum atomic E-state index is 6.94. The molecular formula is C59H49NO2. The first kappa shape index (κ1) is 37.0. The lowest BCUT2D eigenvalue weighted by Gasteiger charge is -2.54. The molecule has 0 amide bonds. The van der Waals surface area contributed by atoms with E-state index < -0.39 is 0 Å².